The molecule has 2 rings (SSSR count). The van der Waals surface area contributed by atoms with Crippen LogP contribution in [0.2, 0.25) is 5.02 Å². The van der Waals surface area contributed by atoms with Gasteiger partial charge in [-0.1, -0.05) is 11.6 Å². The van der Waals surface area contributed by atoms with E-state index in [9.17, 15) is 4.79 Å². The van der Waals surface area contributed by atoms with Crippen LogP contribution in [0.5, 0.6) is 11.5 Å². The highest BCUT2D eigenvalue weighted by molar-refractivity contribution is 7.21. The van der Waals surface area contributed by atoms with E-state index in [0.29, 0.717) is 21.4 Å². The number of carbonyl (C=O) groups excluding carboxylic acids is 1. The molecular weight excluding hydrogens is 248 g/mol. The Bertz CT molecular complexity index is 548. The summed E-state index contributed by atoms with van der Waals surface area (Å²) < 4.78 is 11.2. The van der Waals surface area contributed by atoms with Gasteiger partial charge < -0.3 is 9.47 Å². The van der Waals surface area contributed by atoms with E-state index in [0.717, 1.165) is 10.1 Å². The fourth-order valence-corrected chi connectivity index (χ4v) is 2.72. The summed E-state index contributed by atoms with van der Waals surface area (Å²) in [7, 11) is 3.11. The van der Waals surface area contributed by atoms with Gasteiger partial charge in [-0.05, 0) is 6.07 Å². The normalized spacial score (nSPS) is 10.4. The Balaban J connectivity index is 2.75. The highest BCUT2D eigenvalue weighted by atomic mass is 35.5. The lowest BCUT2D eigenvalue weighted by atomic mass is 10.2. The van der Waals surface area contributed by atoms with Crippen molar-refractivity contribution >= 4 is 39.3 Å². The van der Waals surface area contributed by atoms with Gasteiger partial charge in [0.15, 0.2) is 11.5 Å². The van der Waals surface area contributed by atoms with Crippen molar-refractivity contribution in [3.63, 3.8) is 0 Å². The Hall–Kier alpha value is -1.26. The number of hydrogen-bond acceptors (Lipinski definition) is 4. The summed E-state index contributed by atoms with van der Waals surface area (Å²) in [4.78, 5) is 11.0. The molecule has 0 aliphatic carbocycles. The summed E-state index contributed by atoms with van der Waals surface area (Å²) in [6, 6.07) is 3.55. The van der Waals surface area contributed by atoms with Crippen LogP contribution in [0.1, 0.15) is 4.88 Å². The molecule has 0 spiro atoms. The number of methoxy groups -OCH3 is 2. The quantitative estimate of drug-likeness (QED) is 0.846. The van der Waals surface area contributed by atoms with Crippen LogP contribution in [0.3, 0.4) is 0 Å². The SMILES string of the molecule is COc1cc2sc([C]=O)c(Cl)c2cc1OC. The third kappa shape index (κ3) is 1.64. The maximum Gasteiger partial charge on any atom is 0.245 e. The van der Waals surface area contributed by atoms with E-state index < -0.39 is 0 Å². The van der Waals surface area contributed by atoms with E-state index in [-0.39, 0.29) is 0 Å². The fourth-order valence-electron chi connectivity index (χ4n) is 1.46. The monoisotopic (exact) mass is 255 g/mol. The van der Waals surface area contributed by atoms with Crippen molar-refractivity contribution in [1.82, 2.24) is 0 Å². The molecule has 0 aliphatic rings. The molecular formula is C11H8ClO3S. The van der Waals surface area contributed by atoms with Gasteiger partial charge in [0.05, 0.1) is 24.1 Å². The molecule has 2 aromatic rings. The maximum absolute atomic E-state index is 10.6. The van der Waals surface area contributed by atoms with Crippen LogP contribution in [-0.2, 0) is 4.79 Å². The minimum atomic E-state index is 0.395. The van der Waals surface area contributed by atoms with Crippen molar-refractivity contribution in [3.05, 3.63) is 22.0 Å². The van der Waals surface area contributed by atoms with Gasteiger partial charge in [0.2, 0.25) is 6.29 Å². The predicted molar refractivity (Wildman–Crippen MR) is 64.7 cm³/mol. The van der Waals surface area contributed by atoms with E-state index in [2.05, 4.69) is 0 Å². The highest BCUT2D eigenvalue weighted by Crippen LogP contribution is 2.40. The molecule has 1 aromatic carbocycles. The Labute approximate surface area is 102 Å². The van der Waals surface area contributed by atoms with Crippen molar-refractivity contribution in [2.75, 3.05) is 14.2 Å². The molecule has 83 valence electrons. The van der Waals surface area contributed by atoms with Crippen molar-refractivity contribution in [3.8, 4) is 11.5 Å². The Kier molecular flexibility index (Phi) is 3.03. The molecule has 5 heteroatoms. The van der Waals surface area contributed by atoms with E-state index in [1.807, 2.05) is 6.29 Å². The van der Waals surface area contributed by atoms with Crippen LogP contribution in [-0.4, -0.2) is 20.5 Å². The van der Waals surface area contributed by atoms with E-state index in [4.69, 9.17) is 21.1 Å². The molecule has 0 unspecified atom stereocenters. The number of ether oxygens (including phenoxy) is 2. The smallest absolute Gasteiger partial charge is 0.245 e. The van der Waals surface area contributed by atoms with Crippen LogP contribution in [0.4, 0.5) is 0 Å². The van der Waals surface area contributed by atoms with Crippen LogP contribution in [0.15, 0.2) is 12.1 Å². The van der Waals surface area contributed by atoms with Gasteiger partial charge in [-0.25, -0.2) is 0 Å². The lowest BCUT2D eigenvalue weighted by molar-refractivity contribution is 0.356. The number of thiophene rings is 1. The van der Waals surface area contributed by atoms with Crippen molar-refractivity contribution < 1.29 is 14.3 Å². The number of hydrogen-bond donors (Lipinski definition) is 0. The maximum atomic E-state index is 10.6. The molecule has 0 amide bonds. The van der Waals surface area contributed by atoms with Crippen molar-refractivity contribution in [1.29, 1.82) is 0 Å². The predicted octanol–water partition coefficient (Wildman–Crippen LogP) is 3.03. The second-order valence-corrected chi connectivity index (χ2v) is 4.48. The Morgan fingerprint density at radius 2 is 1.88 bits per heavy atom. The summed E-state index contributed by atoms with van der Waals surface area (Å²) in [5.74, 6) is 1.21. The molecule has 0 saturated heterocycles. The fraction of sp³-hybridized carbons (Fsp3) is 0.182. The molecule has 0 bridgehead atoms. The number of rotatable bonds is 3. The first-order valence-electron chi connectivity index (χ1n) is 4.43. The third-order valence-corrected chi connectivity index (χ3v) is 3.78. The minimum Gasteiger partial charge on any atom is -0.493 e. The molecule has 0 aliphatic heterocycles. The van der Waals surface area contributed by atoms with E-state index in [1.54, 1.807) is 26.4 Å². The molecule has 0 N–H and O–H groups in total. The molecule has 3 nitrogen and oxygen atoms in total. The summed E-state index contributed by atoms with van der Waals surface area (Å²) in [5, 5.41) is 1.19. The molecule has 1 heterocycles. The molecule has 1 radical (unpaired) electrons. The van der Waals surface area contributed by atoms with Crippen LogP contribution in [0, 0.1) is 0 Å². The second-order valence-electron chi connectivity index (χ2n) is 3.05. The summed E-state index contributed by atoms with van der Waals surface area (Å²) in [5.41, 5.74) is 0. The minimum absolute atomic E-state index is 0.395. The van der Waals surface area contributed by atoms with Gasteiger partial charge >= 0.3 is 0 Å². The lowest BCUT2D eigenvalue weighted by Gasteiger charge is -2.06. The van der Waals surface area contributed by atoms with Gasteiger partial charge in [0.25, 0.3) is 0 Å². The molecule has 0 atom stereocenters. The Morgan fingerprint density at radius 3 is 2.44 bits per heavy atom. The van der Waals surface area contributed by atoms with Crippen molar-refractivity contribution in [2.24, 2.45) is 0 Å². The number of fused-ring (bicyclic) bond motifs is 1. The van der Waals surface area contributed by atoms with Crippen LogP contribution in [0.25, 0.3) is 10.1 Å². The van der Waals surface area contributed by atoms with E-state index >= 15 is 0 Å². The van der Waals surface area contributed by atoms with Crippen LogP contribution < -0.4 is 9.47 Å². The highest BCUT2D eigenvalue weighted by Gasteiger charge is 2.14. The average Bonchev–Trinajstić information content (AvgIpc) is 2.63. The number of halogens is 1. The first kappa shape index (κ1) is 11.2. The topological polar surface area (TPSA) is 35.5 Å². The zero-order valence-corrected chi connectivity index (χ0v) is 10.2. The van der Waals surface area contributed by atoms with Gasteiger partial charge in [0.1, 0.15) is 0 Å². The number of benzene rings is 1. The standard InChI is InChI=1S/C11H8ClO3S/c1-14-7-3-6-9(4-8(7)15-2)16-10(5-13)11(6)12/h3-4H,1-2H3. The molecule has 16 heavy (non-hydrogen) atoms. The van der Waals surface area contributed by atoms with Gasteiger partial charge in [-0.2, -0.15) is 0 Å². The first-order valence-corrected chi connectivity index (χ1v) is 5.63. The molecule has 1 aromatic heterocycles. The first-order chi connectivity index (χ1) is 7.71. The Morgan fingerprint density at radius 1 is 1.25 bits per heavy atom. The summed E-state index contributed by atoms with van der Waals surface area (Å²) in [6.07, 6.45) is 1.81. The van der Waals surface area contributed by atoms with Gasteiger partial charge in [0, 0.05) is 16.2 Å². The van der Waals surface area contributed by atoms with E-state index in [1.165, 1.54) is 11.3 Å². The second kappa shape index (κ2) is 4.31. The summed E-state index contributed by atoms with van der Waals surface area (Å²) in [6.45, 7) is 0. The third-order valence-electron chi connectivity index (χ3n) is 2.23. The molecule has 0 saturated carbocycles. The van der Waals surface area contributed by atoms with Crippen molar-refractivity contribution in [2.45, 2.75) is 0 Å². The van der Waals surface area contributed by atoms with Gasteiger partial charge in [-0.15, -0.1) is 11.3 Å². The summed E-state index contributed by atoms with van der Waals surface area (Å²) >= 11 is 7.31. The largest absolute Gasteiger partial charge is 0.493 e. The zero-order chi connectivity index (χ0) is 11.7. The van der Waals surface area contributed by atoms with Crippen LogP contribution >= 0.6 is 22.9 Å². The zero-order valence-electron chi connectivity index (χ0n) is 8.67. The van der Waals surface area contributed by atoms with Gasteiger partial charge in [-0.3, -0.25) is 4.79 Å². The lowest BCUT2D eigenvalue weighted by Crippen LogP contribution is -1.89. The molecule has 0 fully saturated rings. The average molecular weight is 256 g/mol.